The van der Waals surface area contributed by atoms with Crippen LogP contribution in [0.25, 0.3) is 11.1 Å². The molecular formula is C14H7F4IO3. The lowest BCUT2D eigenvalue weighted by atomic mass is 10.0. The van der Waals surface area contributed by atoms with Crippen LogP contribution < -0.4 is 9.47 Å². The summed E-state index contributed by atoms with van der Waals surface area (Å²) in [6, 6.07) is 8.53. The molecule has 0 N–H and O–H groups in total. The molecule has 0 aliphatic rings. The van der Waals surface area contributed by atoms with Crippen LogP contribution in [0.15, 0.2) is 42.5 Å². The summed E-state index contributed by atoms with van der Waals surface area (Å²) in [4.78, 5) is 10.8. The summed E-state index contributed by atoms with van der Waals surface area (Å²) in [5, 5.41) is 0. The molecule has 0 saturated heterocycles. The number of alkyl halides is 3. The quantitative estimate of drug-likeness (QED) is 0.379. The minimum Gasteiger partial charge on any atom is -0.419 e. The van der Waals surface area contributed by atoms with E-state index in [1.54, 1.807) is 0 Å². The van der Waals surface area contributed by atoms with E-state index in [-0.39, 0.29) is 11.3 Å². The topological polar surface area (TPSA) is 35.5 Å². The third-order valence-corrected chi connectivity index (χ3v) is 2.76. The number of carbonyl (C=O) groups is 1. The molecule has 8 heteroatoms. The van der Waals surface area contributed by atoms with Crippen molar-refractivity contribution in [3.63, 3.8) is 0 Å². The van der Waals surface area contributed by atoms with Gasteiger partial charge in [-0.2, -0.15) is 0 Å². The Hall–Kier alpha value is -1.84. The first-order valence-corrected chi connectivity index (χ1v) is 6.85. The van der Waals surface area contributed by atoms with Crippen molar-refractivity contribution in [2.75, 3.05) is 0 Å². The molecule has 0 unspecified atom stereocenters. The molecule has 0 atom stereocenters. The maximum Gasteiger partial charge on any atom is 0.573 e. The Kier molecular flexibility index (Phi) is 4.89. The summed E-state index contributed by atoms with van der Waals surface area (Å²) in [6.45, 7) is 0. The fourth-order valence-corrected chi connectivity index (χ4v) is 1.98. The van der Waals surface area contributed by atoms with E-state index in [0.717, 1.165) is 18.2 Å². The Morgan fingerprint density at radius 3 is 2.09 bits per heavy atom. The molecule has 0 spiro atoms. The Labute approximate surface area is 136 Å². The van der Waals surface area contributed by atoms with Crippen molar-refractivity contribution >= 4 is 26.6 Å². The van der Waals surface area contributed by atoms with E-state index in [9.17, 15) is 22.4 Å². The van der Waals surface area contributed by atoms with Crippen LogP contribution in [-0.4, -0.2) is 10.3 Å². The molecule has 0 radical (unpaired) electrons. The first-order chi connectivity index (χ1) is 10.2. The number of ether oxygens (including phenoxy) is 2. The van der Waals surface area contributed by atoms with Crippen molar-refractivity contribution in [3.05, 3.63) is 48.3 Å². The maximum atomic E-state index is 14.0. The summed E-state index contributed by atoms with van der Waals surface area (Å²) < 4.78 is 58.0. The van der Waals surface area contributed by atoms with E-state index >= 15 is 0 Å². The lowest BCUT2D eigenvalue weighted by Gasteiger charge is -2.10. The van der Waals surface area contributed by atoms with Crippen LogP contribution >= 0.6 is 22.6 Å². The summed E-state index contributed by atoms with van der Waals surface area (Å²) in [6.07, 6.45) is -4.78. The highest BCUT2D eigenvalue weighted by Crippen LogP contribution is 2.29. The molecule has 0 aromatic heterocycles. The zero-order valence-electron chi connectivity index (χ0n) is 10.7. The van der Waals surface area contributed by atoms with Gasteiger partial charge in [-0.25, -0.2) is 9.18 Å². The van der Waals surface area contributed by atoms with E-state index in [1.807, 2.05) is 0 Å². The average molecular weight is 426 g/mol. The third kappa shape index (κ3) is 4.58. The molecule has 0 amide bonds. The van der Waals surface area contributed by atoms with Crippen LogP contribution in [0.5, 0.6) is 11.5 Å². The predicted molar refractivity (Wildman–Crippen MR) is 78.6 cm³/mol. The molecular weight excluding hydrogens is 419 g/mol. The summed E-state index contributed by atoms with van der Waals surface area (Å²) in [5.41, 5.74) is 0.520. The van der Waals surface area contributed by atoms with Gasteiger partial charge in [0.2, 0.25) is 0 Å². The second-order valence-electron chi connectivity index (χ2n) is 4.05. The van der Waals surface area contributed by atoms with Crippen LogP contribution in [0.3, 0.4) is 0 Å². The van der Waals surface area contributed by atoms with E-state index < -0.39 is 21.9 Å². The van der Waals surface area contributed by atoms with Gasteiger partial charge in [0.15, 0.2) is 0 Å². The van der Waals surface area contributed by atoms with Gasteiger partial charge in [0.25, 0.3) is 0 Å². The Morgan fingerprint density at radius 2 is 1.59 bits per heavy atom. The van der Waals surface area contributed by atoms with Gasteiger partial charge in [0.05, 0.1) is 22.6 Å². The number of rotatable bonds is 3. The van der Waals surface area contributed by atoms with Gasteiger partial charge in [-0.05, 0) is 29.8 Å². The molecule has 2 aromatic rings. The van der Waals surface area contributed by atoms with Crippen molar-refractivity contribution in [2.45, 2.75) is 6.36 Å². The van der Waals surface area contributed by atoms with E-state index in [0.29, 0.717) is 5.56 Å². The molecule has 2 aromatic carbocycles. The number of hydrogen-bond donors (Lipinski definition) is 0. The Morgan fingerprint density at radius 1 is 1.00 bits per heavy atom. The van der Waals surface area contributed by atoms with E-state index in [2.05, 4.69) is 4.74 Å². The van der Waals surface area contributed by atoms with Crippen LogP contribution in [0.4, 0.5) is 22.4 Å². The lowest BCUT2D eigenvalue weighted by molar-refractivity contribution is -0.274. The molecule has 22 heavy (non-hydrogen) atoms. The number of halogens is 5. The normalized spacial score (nSPS) is 11.1. The zero-order valence-corrected chi connectivity index (χ0v) is 12.8. The largest absolute Gasteiger partial charge is 0.573 e. The van der Waals surface area contributed by atoms with Crippen molar-refractivity contribution in [1.29, 1.82) is 0 Å². The first-order valence-electron chi connectivity index (χ1n) is 5.77. The fraction of sp³-hybridized carbons (Fsp3) is 0.0714. The molecule has 2 rings (SSSR count). The molecule has 3 nitrogen and oxygen atoms in total. The smallest absolute Gasteiger partial charge is 0.419 e. The van der Waals surface area contributed by atoms with Crippen LogP contribution in [-0.2, 0) is 0 Å². The van der Waals surface area contributed by atoms with Gasteiger partial charge in [0.1, 0.15) is 17.3 Å². The van der Waals surface area contributed by atoms with Gasteiger partial charge < -0.3 is 9.47 Å². The summed E-state index contributed by atoms with van der Waals surface area (Å²) in [7, 11) is 0. The number of benzene rings is 2. The van der Waals surface area contributed by atoms with Crippen LogP contribution in [0.1, 0.15) is 0 Å². The van der Waals surface area contributed by atoms with Gasteiger partial charge in [-0.3, -0.25) is 0 Å². The molecule has 0 fully saturated rings. The third-order valence-electron chi connectivity index (χ3n) is 2.54. The van der Waals surface area contributed by atoms with E-state index in [1.165, 1.54) is 46.9 Å². The maximum absolute atomic E-state index is 14.0. The minimum atomic E-state index is -4.78. The van der Waals surface area contributed by atoms with Crippen LogP contribution in [0, 0.1) is 5.82 Å². The van der Waals surface area contributed by atoms with Gasteiger partial charge in [0, 0.05) is 11.6 Å². The molecule has 116 valence electrons. The average Bonchev–Trinajstić information content (AvgIpc) is 2.37. The van der Waals surface area contributed by atoms with Crippen molar-refractivity contribution in [2.24, 2.45) is 0 Å². The van der Waals surface area contributed by atoms with Crippen molar-refractivity contribution in [3.8, 4) is 22.6 Å². The highest BCUT2D eigenvalue weighted by Gasteiger charge is 2.30. The lowest BCUT2D eigenvalue weighted by Crippen LogP contribution is -2.16. The minimum absolute atomic E-state index is 0.0395. The van der Waals surface area contributed by atoms with Crippen LogP contribution in [0.2, 0.25) is 0 Å². The molecule has 0 heterocycles. The van der Waals surface area contributed by atoms with Crippen molar-refractivity contribution in [1.82, 2.24) is 0 Å². The highest BCUT2D eigenvalue weighted by molar-refractivity contribution is 14.1. The Balaban J connectivity index is 2.23. The monoisotopic (exact) mass is 426 g/mol. The molecule has 0 aliphatic carbocycles. The predicted octanol–water partition coefficient (Wildman–Crippen LogP) is 5.33. The van der Waals surface area contributed by atoms with Gasteiger partial charge >= 0.3 is 10.3 Å². The molecule has 0 saturated carbocycles. The summed E-state index contributed by atoms with van der Waals surface area (Å²) >= 11 is 1.40. The SMILES string of the molecule is O=C(I)Oc1ccc(-c2ccc(OC(F)(F)F)cc2)c(F)c1. The van der Waals surface area contributed by atoms with Gasteiger partial charge in [-0.15, -0.1) is 13.2 Å². The summed E-state index contributed by atoms with van der Waals surface area (Å²) in [5.74, 6) is -1.02. The zero-order chi connectivity index (χ0) is 16.3. The molecule has 0 aliphatic heterocycles. The number of carbonyl (C=O) groups excluding carboxylic acids is 1. The first kappa shape index (κ1) is 16.5. The highest BCUT2D eigenvalue weighted by atomic mass is 127. The fourth-order valence-electron chi connectivity index (χ4n) is 1.72. The standard InChI is InChI=1S/C14H7F4IO3/c15-12-7-10(21-13(19)20)5-6-11(12)8-1-3-9(4-2-8)22-14(16,17)18/h1-7H. The van der Waals surface area contributed by atoms with Crippen molar-refractivity contribution < 1.29 is 31.8 Å². The second kappa shape index (κ2) is 6.51. The molecule has 0 bridgehead atoms. The van der Waals surface area contributed by atoms with E-state index in [4.69, 9.17) is 4.74 Å². The van der Waals surface area contributed by atoms with Gasteiger partial charge in [-0.1, -0.05) is 12.1 Å². The second-order valence-corrected chi connectivity index (χ2v) is 4.93. The Bertz CT molecular complexity index is 683. The number of hydrogen-bond acceptors (Lipinski definition) is 3.